The molecule has 0 radical (unpaired) electrons. The fraction of sp³-hybridized carbons (Fsp3) is 1.00. The summed E-state index contributed by atoms with van der Waals surface area (Å²) in [5.41, 5.74) is -0.591. The Hall–Kier alpha value is -0.130. The van der Waals surface area contributed by atoms with Crippen molar-refractivity contribution in [3.05, 3.63) is 0 Å². The molecule has 0 bridgehead atoms. The summed E-state index contributed by atoms with van der Waals surface area (Å²) >= 11 is 0. The van der Waals surface area contributed by atoms with Crippen molar-refractivity contribution in [1.29, 1.82) is 0 Å². The molecule has 0 aliphatic carbocycles. The van der Waals surface area contributed by atoms with Crippen molar-refractivity contribution < 1.29 is 13.5 Å². The molecule has 1 unspecified atom stereocenters. The molecule has 13 heavy (non-hydrogen) atoms. The second-order valence-electron chi connectivity index (χ2n) is 4.46. The highest BCUT2D eigenvalue weighted by Crippen LogP contribution is 2.27. The lowest BCUT2D eigenvalue weighted by Crippen LogP contribution is -2.63. The predicted octanol–water partition coefficient (Wildman–Crippen LogP) is -0.760. The molecule has 5 heteroatoms. The van der Waals surface area contributed by atoms with Gasteiger partial charge < -0.3 is 5.11 Å². The fourth-order valence-electron chi connectivity index (χ4n) is 2.15. The van der Waals surface area contributed by atoms with E-state index >= 15 is 0 Å². The van der Waals surface area contributed by atoms with E-state index in [-0.39, 0.29) is 11.8 Å². The third kappa shape index (κ3) is 1.87. The van der Waals surface area contributed by atoms with Gasteiger partial charge in [0, 0.05) is 19.1 Å². The van der Waals surface area contributed by atoms with Crippen molar-refractivity contribution in [2.45, 2.75) is 25.0 Å². The van der Waals surface area contributed by atoms with Crippen LogP contribution < -0.4 is 0 Å². The summed E-state index contributed by atoms with van der Waals surface area (Å²) in [7, 11) is -2.78. The monoisotopic (exact) mass is 205 g/mol. The number of rotatable bonds is 1. The van der Waals surface area contributed by atoms with E-state index in [0.29, 0.717) is 18.8 Å². The lowest BCUT2D eigenvalue weighted by atomic mass is 9.94. The van der Waals surface area contributed by atoms with Crippen LogP contribution in [0, 0.1) is 0 Å². The van der Waals surface area contributed by atoms with E-state index in [1.165, 1.54) is 0 Å². The normalized spacial score (nSPS) is 37.2. The van der Waals surface area contributed by atoms with Crippen molar-refractivity contribution >= 4 is 9.84 Å². The molecule has 1 atom stereocenters. The standard InChI is InChI=1S/C8H15NO3S/c1-8(10)5-9(6-8)7-2-3-13(11,12)4-7/h7,10H,2-6H2,1H3. The first-order valence-electron chi connectivity index (χ1n) is 4.55. The molecule has 0 spiro atoms. The van der Waals surface area contributed by atoms with Crippen LogP contribution >= 0.6 is 0 Å². The molecule has 2 rings (SSSR count). The van der Waals surface area contributed by atoms with Gasteiger partial charge in [0.25, 0.3) is 0 Å². The largest absolute Gasteiger partial charge is 0.388 e. The van der Waals surface area contributed by atoms with Crippen LogP contribution in [-0.4, -0.2) is 54.7 Å². The van der Waals surface area contributed by atoms with Gasteiger partial charge in [-0.15, -0.1) is 0 Å². The molecule has 0 aromatic carbocycles. The molecule has 4 nitrogen and oxygen atoms in total. The number of hydrogen-bond donors (Lipinski definition) is 1. The van der Waals surface area contributed by atoms with Crippen molar-refractivity contribution in [3.8, 4) is 0 Å². The molecule has 2 aliphatic rings. The summed E-state index contributed by atoms with van der Waals surface area (Å²) in [6, 6.07) is 0.158. The molecular formula is C8H15NO3S. The lowest BCUT2D eigenvalue weighted by Gasteiger charge is -2.47. The molecular weight excluding hydrogens is 190 g/mol. The molecule has 0 aromatic heterocycles. The van der Waals surface area contributed by atoms with E-state index in [1.807, 2.05) is 0 Å². The van der Waals surface area contributed by atoms with E-state index in [0.717, 1.165) is 6.42 Å². The highest BCUT2D eigenvalue weighted by Gasteiger charge is 2.43. The van der Waals surface area contributed by atoms with E-state index in [1.54, 1.807) is 6.92 Å². The summed E-state index contributed by atoms with van der Waals surface area (Å²) in [5.74, 6) is 0.597. The van der Waals surface area contributed by atoms with Crippen LogP contribution in [-0.2, 0) is 9.84 Å². The maximum Gasteiger partial charge on any atom is 0.151 e. The van der Waals surface area contributed by atoms with Crippen LogP contribution in [0.3, 0.4) is 0 Å². The van der Waals surface area contributed by atoms with E-state index in [9.17, 15) is 13.5 Å². The van der Waals surface area contributed by atoms with Crippen LogP contribution in [0.5, 0.6) is 0 Å². The maximum absolute atomic E-state index is 11.2. The maximum atomic E-state index is 11.2. The minimum absolute atomic E-state index is 0.158. The van der Waals surface area contributed by atoms with E-state index in [2.05, 4.69) is 4.90 Å². The van der Waals surface area contributed by atoms with E-state index in [4.69, 9.17) is 0 Å². The van der Waals surface area contributed by atoms with Crippen LogP contribution in [0.1, 0.15) is 13.3 Å². The van der Waals surface area contributed by atoms with Gasteiger partial charge in [-0.3, -0.25) is 4.90 Å². The molecule has 2 saturated heterocycles. The Morgan fingerprint density at radius 1 is 1.46 bits per heavy atom. The van der Waals surface area contributed by atoms with Crippen molar-refractivity contribution in [3.63, 3.8) is 0 Å². The zero-order valence-corrected chi connectivity index (χ0v) is 8.55. The van der Waals surface area contributed by atoms with Crippen molar-refractivity contribution in [2.24, 2.45) is 0 Å². The Kier molecular flexibility index (Phi) is 1.94. The quantitative estimate of drug-likeness (QED) is 0.611. The second kappa shape index (κ2) is 2.68. The Morgan fingerprint density at radius 2 is 2.08 bits per heavy atom. The Morgan fingerprint density at radius 3 is 2.46 bits per heavy atom. The molecule has 0 aromatic rings. The summed E-state index contributed by atoms with van der Waals surface area (Å²) in [6.45, 7) is 3.02. The number of aliphatic hydroxyl groups is 1. The van der Waals surface area contributed by atoms with Gasteiger partial charge in [0.2, 0.25) is 0 Å². The molecule has 2 fully saturated rings. The Balaban J connectivity index is 1.93. The summed E-state index contributed by atoms with van der Waals surface area (Å²) in [6.07, 6.45) is 0.735. The van der Waals surface area contributed by atoms with Gasteiger partial charge in [-0.05, 0) is 13.3 Å². The predicted molar refractivity (Wildman–Crippen MR) is 49.3 cm³/mol. The van der Waals surface area contributed by atoms with Crippen molar-refractivity contribution in [1.82, 2.24) is 4.90 Å². The molecule has 76 valence electrons. The summed E-state index contributed by atoms with van der Waals surface area (Å²) in [4.78, 5) is 2.06. The zero-order valence-electron chi connectivity index (χ0n) is 7.73. The van der Waals surface area contributed by atoms with Gasteiger partial charge in [-0.1, -0.05) is 0 Å². The average molecular weight is 205 g/mol. The van der Waals surface area contributed by atoms with Gasteiger partial charge >= 0.3 is 0 Å². The third-order valence-corrected chi connectivity index (χ3v) is 4.56. The van der Waals surface area contributed by atoms with Gasteiger partial charge in [0.15, 0.2) is 9.84 Å². The van der Waals surface area contributed by atoms with Crippen LogP contribution in [0.2, 0.25) is 0 Å². The van der Waals surface area contributed by atoms with Gasteiger partial charge in [0.1, 0.15) is 0 Å². The molecule has 2 aliphatic heterocycles. The van der Waals surface area contributed by atoms with Crippen molar-refractivity contribution in [2.75, 3.05) is 24.6 Å². The zero-order chi connectivity index (χ0) is 9.69. The average Bonchev–Trinajstić information content (AvgIpc) is 2.25. The topological polar surface area (TPSA) is 57.6 Å². The number of nitrogens with zero attached hydrogens (tertiary/aromatic N) is 1. The van der Waals surface area contributed by atoms with Crippen LogP contribution in [0.25, 0.3) is 0 Å². The highest BCUT2D eigenvalue weighted by molar-refractivity contribution is 7.91. The molecule has 0 amide bonds. The molecule has 0 saturated carbocycles. The van der Waals surface area contributed by atoms with Gasteiger partial charge in [-0.25, -0.2) is 8.42 Å². The Labute approximate surface area is 78.5 Å². The first-order valence-corrected chi connectivity index (χ1v) is 6.37. The fourth-order valence-corrected chi connectivity index (χ4v) is 3.91. The SMILES string of the molecule is CC1(O)CN(C2CCS(=O)(=O)C2)C1. The molecule has 1 N–H and O–H groups in total. The number of β-amino-alcohol motifs (C(OH)–C–C–N with tert-alkyl or cyclic N) is 1. The smallest absolute Gasteiger partial charge is 0.151 e. The lowest BCUT2D eigenvalue weighted by molar-refractivity contribution is -0.0977. The first kappa shape index (κ1) is 9.43. The third-order valence-electron chi connectivity index (χ3n) is 2.81. The number of hydrogen-bond acceptors (Lipinski definition) is 4. The minimum Gasteiger partial charge on any atom is -0.388 e. The summed E-state index contributed by atoms with van der Waals surface area (Å²) < 4.78 is 22.3. The first-order chi connectivity index (χ1) is 5.88. The molecule has 2 heterocycles. The minimum atomic E-state index is -2.78. The van der Waals surface area contributed by atoms with Gasteiger partial charge in [-0.2, -0.15) is 0 Å². The number of likely N-dealkylation sites (tertiary alicyclic amines) is 1. The van der Waals surface area contributed by atoms with Crippen LogP contribution in [0.4, 0.5) is 0 Å². The Bertz CT molecular complexity index is 301. The van der Waals surface area contributed by atoms with Crippen LogP contribution in [0.15, 0.2) is 0 Å². The van der Waals surface area contributed by atoms with E-state index < -0.39 is 15.4 Å². The van der Waals surface area contributed by atoms with Gasteiger partial charge in [0.05, 0.1) is 17.1 Å². The number of sulfone groups is 1. The highest BCUT2D eigenvalue weighted by atomic mass is 32.2. The second-order valence-corrected chi connectivity index (χ2v) is 6.69. The summed E-state index contributed by atoms with van der Waals surface area (Å²) in [5, 5.41) is 9.48.